The van der Waals surface area contributed by atoms with Crippen LogP contribution in [0.4, 0.5) is 0 Å². The predicted octanol–water partition coefficient (Wildman–Crippen LogP) is 3.28. The fraction of sp³-hybridized carbons (Fsp3) is 0.571. The van der Waals surface area contributed by atoms with E-state index in [0.29, 0.717) is 5.92 Å². The maximum absolute atomic E-state index is 12.1. The Hall–Kier alpha value is -0.870. The van der Waals surface area contributed by atoms with Gasteiger partial charge in [-0.05, 0) is 37.8 Å². The van der Waals surface area contributed by atoms with Crippen molar-refractivity contribution in [2.45, 2.75) is 50.5 Å². The molecule has 0 heterocycles. The molecule has 1 fully saturated rings. The first-order valence-electron chi connectivity index (χ1n) is 6.49. The summed E-state index contributed by atoms with van der Waals surface area (Å²) >= 11 is 0. The molecule has 0 saturated heterocycles. The molecule has 1 saturated carbocycles. The smallest absolute Gasteiger partial charge is 0.263 e. The molecular formula is C14H20O3S. The molecule has 1 aromatic rings. The standard InChI is InChI=1S/C14H20O3S/c1-11-7-9-13(10-8-11)18(15,16)17-14-6-4-3-5-12(14)2/h7-10,12,14H,3-6H2,1-2H3/t12-,14+/m1/s1. The molecular weight excluding hydrogens is 248 g/mol. The minimum atomic E-state index is -3.61. The maximum atomic E-state index is 12.1. The molecule has 100 valence electrons. The van der Waals surface area contributed by atoms with Crippen LogP contribution < -0.4 is 0 Å². The van der Waals surface area contributed by atoms with E-state index in [1.807, 2.05) is 6.92 Å². The van der Waals surface area contributed by atoms with Crippen LogP contribution in [0.25, 0.3) is 0 Å². The van der Waals surface area contributed by atoms with Gasteiger partial charge in [-0.25, -0.2) is 0 Å². The zero-order valence-electron chi connectivity index (χ0n) is 10.9. The average Bonchev–Trinajstić information content (AvgIpc) is 2.32. The Bertz CT molecular complexity index is 490. The average molecular weight is 268 g/mol. The van der Waals surface area contributed by atoms with Crippen molar-refractivity contribution in [1.82, 2.24) is 0 Å². The van der Waals surface area contributed by atoms with E-state index in [1.54, 1.807) is 24.3 Å². The highest BCUT2D eigenvalue weighted by atomic mass is 32.2. The number of hydrogen-bond acceptors (Lipinski definition) is 3. The zero-order valence-corrected chi connectivity index (χ0v) is 11.7. The van der Waals surface area contributed by atoms with Gasteiger partial charge in [-0.2, -0.15) is 8.42 Å². The molecule has 0 aromatic heterocycles. The molecule has 1 aliphatic carbocycles. The number of aryl methyl sites for hydroxylation is 1. The van der Waals surface area contributed by atoms with E-state index in [1.165, 1.54) is 6.42 Å². The lowest BCUT2D eigenvalue weighted by atomic mass is 9.88. The van der Waals surface area contributed by atoms with Crippen molar-refractivity contribution < 1.29 is 12.6 Å². The first kappa shape index (κ1) is 13.6. The van der Waals surface area contributed by atoms with Crippen LogP contribution in [0.5, 0.6) is 0 Å². The van der Waals surface area contributed by atoms with Gasteiger partial charge >= 0.3 is 0 Å². The van der Waals surface area contributed by atoms with E-state index < -0.39 is 10.1 Å². The summed E-state index contributed by atoms with van der Waals surface area (Å²) in [6, 6.07) is 6.80. The Labute approximate surface area is 109 Å². The fourth-order valence-corrected chi connectivity index (χ4v) is 3.54. The summed E-state index contributed by atoms with van der Waals surface area (Å²) in [5.41, 5.74) is 1.04. The topological polar surface area (TPSA) is 43.4 Å². The van der Waals surface area contributed by atoms with Gasteiger partial charge < -0.3 is 0 Å². The SMILES string of the molecule is Cc1ccc(S(=O)(=O)O[C@H]2CCCC[C@H]2C)cc1. The first-order chi connectivity index (χ1) is 8.49. The summed E-state index contributed by atoms with van der Waals surface area (Å²) in [5, 5.41) is 0. The van der Waals surface area contributed by atoms with Crippen LogP contribution in [-0.2, 0) is 14.3 Å². The molecule has 18 heavy (non-hydrogen) atoms. The minimum absolute atomic E-state index is 0.162. The van der Waals surface area contributed by atoms with Gasteiger partial charge in [0.05, 0.1) is 11.0 Å². The largest absolute Gasteiger partial charge is 0.297 e. The zero-order chi connectivity index (χ0) is 13.2. The van der Waals surface area contributed by atoms with Crippen LogP contribution in [0.15, 0.2) is 29.2 Å². The highest BCUT2D eigenvalue weighted by molar-refractivity contribution is 7.86. The summed E-state index contributed by atoms with van der Waals surface area (Å²) < 4.78 is 29.7. The number of rotatable bonds is 3. The third-order valence-electron chi connectivity index (χ3n) is 3.59. The van der Waals surface area contributed by atoms with Gasteiger partial charge in [0.1, 0.15) is 0 Å². The van der Waals surface area contributed by atoms with Crippen LogP contribution in [0.1, 0.15) is 38.2 Å². The lowest BCUT2D eigenvalue weighted by molar-refractivity contribution is 0.109. The summed E-state index contributed by atoms with van der Waals surface area (Å²) in [6.45, 7) is 3.99. The second-order valence-electron chi connectivity index (χ2n) is 5.16. The van der Waals surface area contributed by atoms with Crippen molar-refractivity contribution in [3.8, 4) is 0 Å². The normalized spacial score (nSPS) is 25.0. The highest BCUT2D eigenvalue weighted by Crippen LogP contribution is 2.29. The lowest BCUT2D eigenvalue weighted by Gasteiger charge is -2.27. The molecule has 0 amide bonds. The molecule has 0 spiro atoms. The molecule has 0 aliphatic heterocycles. The van der Waals surface area contributed by atoms with Gasteiger partial charge in [0.25, 0.3) is 10.1 Å². The molecule has 0 unspecified atom stereocenters. The van der Waals surface area contributed by atoms with Crippen LogP contribution in [0.2, 0.25) is 0 Å². The number of benzene rings is 1. The molecule has 0 radical (unpaired) electrons. The van der Waals surface area contributed by atoms with Crippen LogP contribution in [0, 0.1) is 12.8 Å². The van der Waals surface area contributed by atoms with Crippen molar-refractivity contribution >= 4 is 10.1 Å². The van der Waals surface area contributed by atoms with E-state index in [0.717, 1.165) is 24.8 Å². The van der Waals surface area contributed by atoms with Gasteiger partial charge in [0, 0.05) is 0 Å². The van der Waals surface area contributed by atoms with Gasteiger partial charge in [-0.15, -0.1) is 0 Å². The Balaban J connectivity index is 2.13. The third kappa shape index (κ3) is 3.12. The quantitative estimate of drug-likeness (QED) is 0.790. The van der Waals surface area contributed by atoms with Crippen LogP contribution in [-0.4, -0.2) is 14.5 Å². The molecule has 0 bridgehead atoms. The maximum Gasteiger partial charge on any atom is 0.297 e. The summed E-state index contributed by atoms with van der Waals surface area (Å²) in [4.78, 5) is 0.255. The first-order valence-corrected chi connectivity index (χ1v) is 7.90. The Morgan fingerprint density at radius 2 is 1.72 bits per heavy atom. The van der Waals surface area contributed by atoms with Crippen molar-refractivity contribution in [3.63, 3.8) is 0 Å². The van der Waals surface area contributed by atoms with E-state index >= 15 is 0 Å². The molecule has 2 atom stereocenters. The predicted molar refractivity (Wildman–Crippen MR) is 70.9 cm³/mol. The van der Waals surface area contributed by atoms with Crippen molar-refractivity contribution in [2.75, 3.05) is 0 Å². The van der Waals surface area contributed by atoms with Crippen molar-refractivity contribution in [2.24, 2.45) is 5.92 Å². The molecule has 1 aliphatic rings. The van der Waals surface area contributed by atoms with Crippen molar-refractivity contribution in [1.29, 1.82) is 0 Å². The van der Waals surface area contributed by atoms with E-state index in [2.05, 4.69) is 6.92 Å². The van der Waals surface area contributed by atoms with Crippen LogP contribution in [0.3, 0.4) is 0 Å². The van der Waals surface area contributed by atoms with E-state index in [9.17, 15) is 8.42 Å². The third-order valence-corrected chi connectivity index (χ3v) is 4.94. The molecule has 4 heteroatoms. The summed E-state index contributed by atoms with van der Waals surface area (Å²) in [7, 11) is -3.61. The van der Waals surface area contributed by atoms with Gasteiger partial charge in [-0.1, -0.05) is 37.5 Å². The number of hydrogen-bond donors (Lipinski definition) is 0. The minimum Gasteiger partial charge on any atom is -0.263 e. The molecule has 3 nitrogen and oxygen atoms in total. The highest BCUT2D eigenvalue weighted by Gasteiger charge is 2.28. The molecule has 2 rings (SSSR count). The Morgan fingerprint density at radius 1 is 1.11 bits per heavy atom. The monoisotopic (exact) mass is 268 g/mol. The molecule has 1 aromatic carbocycles. The summed E-state index contributed by atoms with van der Waals surface area (Å²) in [6.07, 6.45) is 3.95. The summed E-state index contributed by atoms with van der Waals surface area (Å²) in [5.74, 6) is 0.318. The second kappa shape index (κ2) is 5.41. The van der Waals surface area contributed by atoms with Crippen molar-refractivity contribution in [3.05, 3.63) is 29.8 Å². The van der Waals surface area contributed by atoms with E-state index in [-0.39, 0.29) is 11.0 Å². The second-order valence-corrected chi connectivity index (χ2v) is 6.74. The fourth-order valence-electron chi connectivity index (χ4n) is 2.35. The van der Waals surface area contributed by atoms with Gasteiger partial charge in [0.15, 0.2) is 0 Å². The van der Waals surface area contributed by atoms with Gasteiger partial charge in [0.2, 0.25) is 0 Å². The van der Waals surface area contributed by atoms with E-state index in [4.69, 9.17) is 4.18 Å². The Morgan fingerprint density at radius 3 is 2.33 bits per heavy atom. The van der Waals surface area contributed by atoms with Crippen LogP contribution >= 0.6 is 0 Å². The lowest BCUT2D eigenvalue weighted by Crippen LogP contribution is -2.28. The molecule has 0 N–H and O–H groups in total. The van der Waals surface area contributed by atoms with Gasteiger partial charge in [-0.3, -0.25) is 4.18 Å². The Kier molecular flexibility index (Phi) is 4.07.